The van der Waals surface area contributed by atoms with E-state index in [4.69, 9.17) is 4.74 Å². The van der Waals surface area contributed by atoms with Crippen molar-refractivity contribution in [3.63, 3.8) is 0 Å². The summed E-state index contributed by atoms with van der Waals surface area (Å²) in [6.07, 6.45) is 7.81. The van der Waals surface area contributed by atoms with Crippen molar-refractivity contribution in [2.75, 3.05) is 47.4 Å². The van der Waals surface area contributed by atoms with Gasteiger partial charge in [0.25, 0.3) is 0 Å². The predicted octanol–water partition coefficient (Wildman–Crippen LogP) is 1.56. The molecule has 0 radical (unpaired) electrons. The zero-order valence-corrected chi connectivity index (χ0v) is 14.1. The van der Waals surface area contributed by atoms with E-state index in [0.29, 0.717) is 12.1 Å². The molecule has 3 fully saturated rings. The molecule has 0 aromatic carbocycles. The third kappa shape index (κ3) is 3.29. The zero-order chi connectivity index (χ0) is 14.9. The van der Waals surface area contributed by atoms with E-state index in [1.54, 1.807) is 0 Å². The van der Waals surface area contributed by atoms with Gasteiger partial charge in [0.1, 0.15) is 0 Å². The van der Waals surface area contributed by atoms with Crippen LogP contribution in [0.1, 0.15) is 38.5 Å². The number of nitrogens with zero attached hydrogens (tertiary/aromatic N) is 2. The van der Waals surface area contributed by atoms with E-state index in [1.807, 2.05) is 0 Å². The Balaban J connectivity index is 1.69. The first kappa shape index (κ1) is 15.7. The molecule has 3 atom stereocenters. The van der Waals surface area contributed by atoms with Gasteiger partial charge >= 0.3 is 0 Å². The minimum Gasteiger partial charge on any atom is -0.375 e. The van der Waals surface area contributed by atoms with Gasteiger partial charge in [-0.15, -0.1) is 0 Å². The molecule has 1 aliphatic carbocycles. The van der Waals surface area contributed by atoms with Crippen LogP contribution in [-0.2, 0) is 4.74 Å². The van der Waals surface area contributed by atoms with E-state index in [-0.39, 0.29) is 5.60 Å². The molecule has 0 aromatic heterocycles. The maximum absolute atomic E-state index is 6.23. The van der Waals surface area contributed by atoms with Gasteiger partial charge in [-0.1, -0.05) is 12.8 Å². The van der Waals surface area contributed by atoms with Crippen molar-refractivity contribution in [1.29, 1.82) is 0 Å². The van der Waals surface area contributed by atoms with Gasteiger partial charge in [-0.25, -0.2) is 0 Å². The van der Waals surface area contributed by atoms with Crippen LogP contribution in [0.25, 0.3) is 0 Å². The van der Waals surface area contributed by atoms with E-state index in [2.05, 4.69) is 36.3 Å². The molecule has 3 unspecified atom stereocenters. The van der Waals surface area contributed by atoms with Crippen molar-refractivity contribution < 1.29 is 4.74 Å². The number of piperazine rings is 1. The summed E-state index contributed by atoms with van der Waals surface area (Å²) < 4.78 is 6.23. The first-order chi connectivity index (χ1) is 10.1. The van der Waals surface area contributed by atoms with Crippen LogP contribution in [0, 0.1) is 5.92 Å². The third-order valence-electron chi connectivity index (χ3n) is 6.20. The maximum Gasteiger partial charge on any atom is 0.0685 e. The van der Waals surface area contributed by atoms with Gasteiger partial charge in [0.2, 0.25) is 0 Å². The summed E-state index contributed by atoms with van der Waals surface area (Å²) >= 11 is 0. The van der Waals surface area contributed by atoms with Crippen LogP contribution < -0.4 is 5.32 Å². The summed E-state index contributed by atoms with van der Waals surface area (Å²) in [7, 11) is 6.71. The van der Waals surface area contributed by atoms with E-state index in [1.165, 1.54) is 58.2 Å². The minimum atomic E-state index is 0.233. The molecule has 21 heavy (non-hydrogen) atoms. The number of likely N-dealkylation sites (N-methyl/N-ethyl adjacent to an activating group) is 3. The van der Waals surface area contributed by atoms with Gasteiger partial charge in [-0.2, -0.15) is 0 Å². The van der Waals surface area contributed by atoms with Gasteiger partial charge in [-0.3, -0.25) is 4.90 Å². The number of ether oxygens (including phenoxy) is 1. The molecule has 122 valence electrons. The highest BCUT2D eigenvalue weighted by Crippen LogP contribution is 2.43. The lowest BCUT2D eigenvalue weighted by molar-refractivity contribution is -0.103. The molecule has 1 N–H and O–H groups in total. The molecule has 0 bridgehead atoms. The van der Waals surface area contributed by atoms with Crippen molar-refractivity contribution in [2.24, 2.45) is 5.92 Å². The largest absolute Gasteiger partial charge is 0.375 e. The van der Waals surface area contributed by atoms with Crippen molar-refractivity contribution in [3.8, 4) is 0 Å². The summed E-state index contributed by atoms with van der Waals surface area (Å²) in [6, 6.07) is 1.23. The highest BCUT2D eigenvalue weighted by molar-refractivity contribution is 4.98. The molecule has 3 aliphatic rings. The smallest absolute Gasteiger partial charge is 0.0685 e. The molecular formula is C17H33N3O. The molecule has 0 aromatic rings. The topological polar surface area (TPSA) is 27.7 Å². The highest BCUT2D eigenvalue weighted by atomic mass is 16.5. The fourth-order valence-corrected chi connectivity index (χ4v) is 4.91. The lowest BCUT2D eigenvalue weighted by atomic mass is 9.78. The normalized spacial score (nSPS) is 36.1. The Morgan fingerprint density at radius 2 is 1.95 bits per heavy atom. The monoisotopic (exact) mass is 295 g/mol. The van der Waals surface area contributed by atoms with Crippen LogP contribution in [0.15, 0.2) is 0 Å². The molecule has 2 aliphatic heterocycles. The molecule has 1 spiro atoms. The van der Waals surface area contributed by atoms with Crippen LogP contribution in [0.3, 0.4) is 0 Å². The predicted molar refractivity (Wildman–Crippen MR) is 86.6 cm³/mol. The summed E-state index contributed by atoms with van der Waals surface area (Å²) in [4.78, 5) is 5.05. The first-order valence-corrected chi connectivity index (χ1v) is 8.83. The van der Waals surface area contributed by atoms with Gasteiger partial charge < -0.3 is 15.0 Å². The van der Waals surface area contributed by atoms with Crippen LogP contribution in [0.2, 0.25) is 0 Å². The van der Waals surface area contributed by atoms with E-state index >= 15 is 0 Å². The second-order valence-electron chi connectivity index (χ2n) is 7.62. The summed E-state index contributed by atoms with van der Waals surface area (Å²) in [5.41, 5.74) is 0.233. The minimum absolute atomic E-state index is 0.233. The Morgan fingerprint density at radius 1 is 1.19 bits per heavy atom. The second-order valence-corrected chi connectivity index (χ2v) is 7.62. The van der Waals surface area contributed by atoms with Crippen LogP contribution in [-0.4, -0.2) is 74.9 Å². The molecule has 3 rings (SSSR count). The fourth-order valence-electron chi connectivity index (χ4n) is 4.91. The first-order valence-electron chi connectivity index (χ1n) is 8.83. The summed E-state index contributed by atoms with van der Waals surface area (Å²) in [5, 5.41) is 3.67. The third-order valence-corrected chi connectivity index (χ3v) is 6.20. The Labute approximate surface area is 130 Å². The number of hydrogen-bond donors (Lipinski definition) is 1. The molecular weight excluding hydrogens is 262 g/mol. The van der Waals surface area contributed by atoms with E-state index in [0.717, 1.165) is 12.5 Å². The molecule has 0 amide bonds. The van der Waals surface area contributed by atoms with Gasteiger partial charge in [0.15, 0.2) is 0 Å². The average molecular weight is 295 g/mol. The Bertz CT molecular complexity index is 343. The SMILES string of the molecule is CNC(C1CCOC2(CCCC2)C1)C1CN(C)CCN1C. The van der Waals surface area contributed by atoms with Crippen LogP contribution >= 0.6 is 0 Å². The van der Waals surface area contributed by atoms with E-state index in [9.17, 15) is 0 Å². The molecule has 4 heteroatoms. The van der Waals surface area contributed by atoms with Crippen molar-refractivity contribution in [1.82, 2.24) is 15.1 Å². The summed E-state index contributed by atoms with van der Waals surface area (Å²) in [5.74, 6) is 0.765. The Hall–Kier alpha value is -0.160. The molecule has 1 saturated carbocycles. The number of hydrogen-bond acceptors (Lipinski definition) is 4. The highest BCUT2D eigenvalue weighted by Gasteiger charge is 2.44. The Kier molecular flexibility index (Phi) is 4.89. The number of rotatable bonds is 3. The lowest BCUT2D eigenvalue weighted by Crippen LogP contribution is -2.61. The van der Waals surface area contributed by atoms with E-state index < -0.39 is 0 Å². The summed E-state index contributed by atoms with van der Waals surface area (Å²) in [6.45, 7) is 4.54. The van der Waals surface area contributed by atoms with Gasteiger partial charge in [0, 0.05) is 38.3 Å². The van der Waals surface area contributed by atoms with Gasteiger partial charge in [-0.05, 0) is 52.7 Å². The number of nitrogens with one attached hydrogen (secondary N) is 1. The van der Waals surface area contributed by atoms with Crippen molar-refractivity contribution in [3.05, 3.63) is 0 Å². The average Bonchev–Trinajstić information content (AvgIpc) is 2.91. The maximum atomic E-state index is 6.23. The fraction of sp³-hybridized carbons (Fsp3) is 1.00. The van der Waals surface area contributed by atoms with Crippen molar-refractivity contribution >= 4 is 0 Å². The molecule has 2 saturated heterocycles. The quantitative estimate of drug-likeness (QED) is 0.855. The second kappa shape index (κ2) is 6.53. The lowest BCUT2D eigenvalue weighted by Gasteiger charge is -2.48. The molecule has 4 nitrogen and oxygen atoms in total. The zero-order valence-electron chi connectivity index (χ0n) is 14.1. The van der Waals surface area contributed by atoms with Gasteiger partial charge in [0.05, 0.1) is 5.60 Å². The van der Waals surface area contributed by atoms with Crippen LogP contribution in [0.5, 0.6) is 0 Å². The van der Waals surface area contributed by atoms with Crippen LogP contribution in [0.4, 0.5) is 0 Å². The van der Waals surface area contributed by atoms with Crippen molar-refractivity contribution in [2.45, 2.75) is 56.2 Å². The standard InChI is InChI=1S/C17H33N3O/c1-18-16(15-13-19(2)9-10-20(15)3)14-6-11-21-17(12-14)7-4-5-8-17/h14-16,18H,4-13H2,1-3H3. The Morgan fingerprint density at radius 3 is 2.67 bits per heavy atom. The molecule has 2 heterocycles.